The molecule has 0 amide bonds. The predicted octanol–water partition coefficient (Wildman–Crippen LogP) is 4.46. The van der Waals surface area contributed by atoms with Crippen LogP contribution >= 0.6 is 0 Å². The number of hydrogen-bond acceptors (Lipinski definition) is 6. The molecular weight excluding hydrogens is 452 g/mol. The Morgan fingerprint density at radius 3 is 1.94 bits per heavy atom. The van der Waals surface area contributed by atoms with Crippen LogP contribution < -0.4 is 0 Å². The summed E-state index contributed by atoms with van der Waals surface area (Å²) in [4.78, 5) is 9.50. The molecule has 0 aromatic heterocycles. The van der Waals surface area contributed by atoms with E-state index in [4.69, 9.17) is 19.5 Å². The first-order chi connectivity index (χ1) is 17.3. The van der Waals surface area contributed by atoms with Crippen LogP contribution in [0.2, 0.25) is 0 Å². The quantitative estimate of drug-likeness (QED) is 0.600. The second-order valence-corrected chi connectivity index (χ2v) is 11.3. The third kappa shape index (κ3) is 3.86. The van der Waals surface area contributed by atoms with Crippen LogP contribution in [0.5, 0.6) is 0 Å². The van der Waals surface area contributed by atoms with Crippen molar-refractivity contribution in [2.24, 2.45) is 9.98 Å². The zero-order valence-electron chi connectivity index (χ0n) is 22.0. The van der Waals surface area contributed by atoms with Crippen LogP contribution in [-0.2, 0) is 20.3 Å². The van der Waals surface area contributed by atoms with E-state index in [9.17, 15) is 10.2 Å². The standard InChI is InChI=1S/C30H38N2O4/c1-6-30(25-21(18(2)3)9-7-10-22(25)27-31-19(13-33)15-35-27)17-29(4,5)24-12-8-11-23(26(24)30)28-32-20(14-34)16-36-28/h7-12,18-20,33-34H,6,13-17H2,1-5H3/t19-,20-,30+/m0/s1. The van der Waals surface area contributed by atoms with Gasteiger partial charge in [-0.3, -0.25) is 0 Å². The molecule has 3 aliphatic rings. The van der Waals surface area contributed by atoms with Gasteiger partial charge in [0, 0.05) is 16.5 Å². The number of aliphatic imine (C=N–C) groups is 2. The molecule has 1 aliphatic carbocycles. The van der Waals surface area contributed by atoms with E-state index in [1.165, 1.54) is 22.3 Å². The number of aliphatic hydroxyl groups is 2. The monoisotopic (exact) mass is 490 g/mol. The molecule has 0 unspecified atom stereocenters. The van der Waals surface area contributed by atoms with Gasteiger partial charge in [0.1, 0.15) is 25.3 Å². The fraction of sp³-hybridized carbons (Fsp3) is 0.533. The van der Waals surface area contributed by atoms with Gasteiger partial charge in [-0.25, -0.2) is 9.98 Å². The highest BCUT2D eigenvalue weighted by Crippen LogP contribution is 2.58. The molecule has 2 N–H and O–H groups in total. The summed E-state index contributed by atoms with van der Waals surface area (Å²) < 4.78 is 12.1. The Kier molecular flexibility index (Phi) is 6.46. The molecule has 2 heterocycles. The molecule has 0 spiro atoms. The van der Waals surface area contributed by atoms with Gasteiger partial charge in [0.2, 0.25) is 11.8 Å². The lowest BCUT2D eigenvalue weighted by atomic mass is 9.66. The summed E-state index contributed by atoms with van der Waals surface area (Å²) in [6.45, 7) is 12.1. The molecule has 5 rings (SSSR count). The molecule has 2 aromatic rings. The van der Waals surface area contributed by atoms with Gasteiger partial charge in [0.05, 0.1) is 13.2 Å². The van der Waals surface area contributed by atoms with Gasteiger partial charge in [0.25, 0.3) is 0 Å². The van der Waals surface area contributed by atoms with Crippen molar-refractivity contribution in [3.8, 4) is 0 Å². The molecule has 6 heteroatoms. The SMILES string of the molecule is CC[C@]1(c2c(C3=N[C@@H](CO)CO3)cccc2C(C)C)CC(C)(C)c2cccc(C3=N[C@@H](CO)CO3)c21. The van der Waals surface area contributed by atoms with E-state index in [2.05, 4.69) is 71.0 Å². The summed E-state index contributed by atoms with van der Waals surface area (Å²) in [5.74, 6) is 1.55. The van der Waals surface area contributed by atoms with Gasteiger partial charge < -0.3 is 19.7 Å². The Morgan fingerprint density at radius 2 is 1.44 bits per heavy atom. The number of benzene rings is 2. The van der Waals surface area contributed by atoms with Crippen LogP contribution in [0, 0.1) is 0 Å². The zero-order chi connectivity index (χ0) is 25.7. The molecule has 0 bridgehead atoms. The normalized spacial score (nSPS) is 26.4. The van der Waals surface area contributed by atoms with Crippen LogP contribution in [0.25, 0.3) is 0 Å². The zero-order valence-corrected chi connectivity index (χ0v) is 22.0. The average Bonchev–Trinajstić information content (AvgIpc) is 3.60. The molecular formula is C30H38N2O4. The summed E-state index contributed by atoms with van der Waals surface area (Å²) in [6, 6.07) is 12.5. The van der Waals surface area contributed by atoms with E-state index in [0.717, 1.165) is 24.0 Å². The predicted molar refractivity (Wildman–Crippen MR) is 142 cm³/mol. The van der Waals surface area contributed by atoms with Gasteiger partial charge in [-0.05, 0) is 58.6 Å². The molecule has 0 saturated carbocycles. The Bertz CT molecular complexity index is 1220. The minimum absolute atomic E-state index is 0.0214. The van der Waals surface area contributed by atoms with Crippen LogP contribution in [-0.4, -0.2) is 60.5 Å². The van der Waals surface area contributed by atoms with E-state index in [1.54, 1.807) is 0 Å². The fourth-order valence-electron chi connectivity index (χ4n) is 6.52. The van der Waals surface area contributed by atoms with E-state index in [0.29, 0.717) is 30.9 Å². The number of hydrogen-bond donors (Lipinski definition) is 2. The number of nitrogens with zero attached hydrogens (tertiary/aromatic N) is 2. The van der Waals surface area contributed by atoms with Crippen molar-refractivity contribution >= 4 is 11.8 Å². The second-order valence-electron chi connectivity index (χ2n) is 11.3. The van der Waals surface area contributed by atoms with Crippen LogP contribution in [0.1, 0.15) is 86.8 Å². The Balaban J connectivity index is 1.81. The Hall–Kier alpha value is -2.70. The number of fused-ring (bicyclic) bond motifs is 1. The summed E-state index contributed by atoms with van der Waals surface area (Å²) in [5.41, 5.74) is 6.78. The van der Waals surface area contributed by atoms with Gasteiger partial charge >= 0.3 is 0 Å². The first-order valence-corrected chi connectivity index (χ1v) is 13.2. The van der Waals surface area contributed by atoms with E-state index in [1.807, 2.05) is 0 Å². The number of ether oxygens (including phenoxy) is 2. The average molecular weight is 491 g/mol. The molecule has 6 nitrogen and oxygen atoms in total. The minimum atomic E-state index is -0.308. The highest BCUT2D eigenvalue weighted by Gasteiger charge is 2.52. The maximum absolute atomic E-state index is 9.72. The van der Waals surface area contributed by atoms with Crippen molar-refractivity contribution in [3.63, 3.8) is 0 Å². The van der Waals surface area contributed by atoms with Crippen molar-refractivity contribution in [1.29, 1.82) is 0 Å². The molecule has 0 fully saturated rings. The summed E-state index contributed by atoms with van der Waals surface area (Å²) in [6.07, 6.45) is 1.83. The van der Waals surface area contributed by atoms with Gasteiger partial charge in [-0.1, -0.05) is 58.9 Å². The summed E-state index contributed by atoms with van der Waals surface area (Å²) >= 11 is 0. The number of aliphatic hydroxyl groups excluding tert-OH is 2. The van der Waals surface area contributed by atoms with Gasteiger partial charge in [0.15, 0.2) is 0 Å². The second kappa shape index (κ2) is 9.31. The maximum atomic E-state index is 9.72. The van der Waals surface area contributed by atoms with Crippen molar-refractivity contribution in [2.45, 2.75) is 76.3 Å². The first kappa shape index (κ1) is 25.0. The topological polar surface area (TPSA) is 83.6 Å². The Labute approximate surface area is 214 Å². The molecule has 2 aromatic carbocycles. The lowest BCUT2D eigenvalue weighted by Gasteiger charge is -2.37. The smallest absolute Gasteiger partial charge is 0.216 e. The van der Waals surface area contributed by atoms with Gasteiger partial charge in [-0.2, -0.15) is 0 Å². The van der Waals surface area contributed by atoms with E-state index < -0.39 is 0 Å². The van der Waals surface area contributed by atoms with Crippen molar-refractivity contribution < 1.29 is 19.7 Å². The van der Waals surface area contributed by atoms with Crippen LogP contribution in [0.4, 0.5) is 0 Å². The highest BCUT2D eigenvalue weighted by atomic mass is 16.5. The largest absolute Gasteiger partial charge is 0.475 e. The fourth-order valence-corrected chi connectivity index (χ4v) is 6.52. The molecule has 3 atom stereocenters. The lowest BCUT2D eigenvalue weighted by Crippen LogP contribution is -2.32. The van der Waals surface area contributed by atoms with Crippen LogP contribution in [0.15, 0.2) is 46.4 Å². The maximum Gasteiger partial charge on any atom is 0.216 e. The molecule has 0 saturated heterocycles. The molecule has 2 aliphatic heterocycles. The van der Waals surface area contributed by atoms with Crippen molar-refractivity contribution in [1.82, 2.24) is 0 Å². The molecule has 192 valence electrons. The third-order valence-corrected chi connectivity index (χ3v) is 8.12. The van der Waals surface area contributed by atoms with Crippen molar-refractivity contribution in [2.75, 3.05) is 26.4 Å². The third-order valence-electron chi connectivity index (χ3n) is 8.12. The van der Waals surface area contributed by atoms with Gasteiger partial charge in [-0.15, -0.1) is 0 Å². The van der Waals surface area contributed by atoms with E-state index in [-0.39, 0.29) is 36.1 Å². The summed E-state index contributed by atoms with van der Waals surface area (Å²) in [7, 11) is 0. The summed E-state index contributed by atoms with van der Waals surface area (Å²) in [5, 5.41) is 19.4. The highest BCUT2D eigenvalue weighted by molar-refractivity contribution is 6.00. The minimum Gasteiger partial charge on any atom is -0.475 e. The first-order valence-electron chi connectivity index (χ1n) is 13.2. The molecule has 36 heavy (non-hydrogen) atoms. The number of rotatable bonds is 7. The molecule has 0 radical (unpaired) electrons. The Morgan fingerprint density at radius 1 is 0.889 bits per heavy atom. The van der Waals surface area contributed by atoms with Crippen molar-refractivity contribution in [3.05, 3.63) is 69.8 Å². The van der Waals surface area contributed by atoms with Crippen LogP contribution in [0.3, 0.4) is 0 Å². The lowest BCUT2D eigenvalue weighted by molar-refractivity contribution is 0.227. The van der Waals surface area contributed by atoms with E-state index >= 15 is 0 Å².